The molecule has 0 bridgehead atoms. The lowest BCUT2D eigenvalue weighted by Crippen LogP contribution is -2.62. The maximum absolute atomic E-state index is 14.0. The minimum atomic E-state index is -1.85. The van der Waals surface area contributed by atoms with Crippen molar-refractivity contribution in [2.24, 2.45) is 23.5 Å². The van der Waals surface area contributed by atoms with Crippen molar-refractivity contribution in [1.29, 1.82) is 0 Å². The molecule has 1 fully saturated rings. The second kappa shape index (κ2) is 34.9. The summed E-state index contributed by atoms with van der Waals surface area (Å²) in [6.45, 7) is 7.87. The van der Waals surface area contributed by atoms with E-state index in [4.69, 9.17) is 5.73 Å². The molecule has 0 unspecified atom stereocenters. The van der Waals surface area contributed by atoms with E-state index < -0.39 is 182 Å². The quantitative estimate of drug-likeness (QED) is 0.0328. The van der Waals surface area contributed by atoms with Crippen molar-refractivity contribution < 1.29 is 88.2 Å². The van der Waals surface area contributed by atoms with Crippen LogP contribution >= 0.6 is 11.8 Å². The topological polar surface area (TPSA) is 452 Å². The third-order valence-electron chi connectivity index (χ3n) is 13.3. The number of aliphatic hydroxyl groups is 2. The minimum absolute atomic E-state index is 0.00171. The highest BCUT2D eigenvalue weighted by Crippen LogP contribution is 2.21. The van der Waals surface area contributed by atoms with E-state index in [1.54, 1.807) is 53.0 Å². The lowest BCUT2D eigenvalue weighted by atomic mass is 9.97. The number of aliphatic carboxylic acids is 3. The number of likely N-dealkylation sites (tertiary alicyclic amines) is 1. The van der Waals surface area contributed by atoms with Crippen LogP contribution in [0.2, 0.25) is 0 Å². The number of carbonyl (C=O) groups is 12. The van der Waals surface area contributed by atoms with Crippen molar-refractivity contribution in [3.8, 4) is 5.75 Å². The molecule has 1 saturated heterocycles. The summed E-state index contributed by atoms with van der Waals surface area (Å²) in [7, 11) is 0. The van der Waals surface area contributed by atoms with E-state index in [-0.39, 0.29) is 50.3 Å². The number of hydrogen-bond acceptors (Lipinski definition) is 17. The summed E-state index contributed by atoms with van der Waals surface area (Å²) < 4.78 is 0. The maximum Gasteiger partial charge on any atom is 0.326 e. The molecule has 1 aromatic rings. The van der Waals surface area contributed by atoms with Crippen molar-refractivity contribution in [2.45, 2.75) is 166 Å². The van der Waals surface area contributed by atoms with Gasteiger partial charge in [0.2, 0.25) is 53.2 Å². The molecule has 1 heterocycles. The molecular formula is C52H82N10O18S. The van der Waals surface area contributed by atoms with E-state index in [0.29, 0.717) is 17.7 Å². The molecule has 81 heavy (non-hydrogen) atoms. The number of carboxylic acid groups (broad SMARTS) is 3. The van der Waals surface area contributed by atoms with Gasteiger partial charge in [-0.1, -0.05) is 60.1 Å². The summed E-state index contributed by atoms with van der Waals surface area (Å²) in [4.78, 5) is 160. The second-order valence-electron chi connectivity index (χ2n) is 20.6. The van der Waals surface area contributed by atoms with Crippen molar-refractivity contribution in [3.63, 3.8) is 0 Å². The molecule has 0 aromatic heterocycles. The van der Waals surface area contributed by atoms with Gasteiger partial charge in [-0.2, -0.15) is 11.8 Å². The van der Waals surface area contributed by atoms with E-state index in [1.807, 2.05) is 0 Å². The number of thioether (sulfide) groups is 1. The van der Waals surface area contributed by atoms with E-state index in [0.717, 1.165) is 0 Å². The molecule has 1 aliphatic rings. The zero-order valence-electron chi connectivity index (χ0n) is 46.7. The number of nitrogens with one attached hydrogen (secondary N) is 8. The summed E-state index contributed by atoms with van der Waals surface area (Å²) in [5, 5.41) is 78.0. The Morgan fingerprint density at radius 3 is 1.53 bits per heavy atom. The number of nitrogens with two attached hydrogens (primary N) is 1. The molecule has 16 N–H and O–H groups in total. The van der Waals surface area contributed by atoms with Crippen molar-refractivity contribution in [3.05, 3.63) is 29.8 Å². The molecule has 0 radical (unpaired) electrons. The first-order valence-electron chi connectivity index (χ1n) is 26.7. The summed E-state index contributed by atoms with van der Waals surface area (Å²) in [5.74, 6) is -13.8. The Balaban J connectivity index is 2.29. The van der Waals surface area contributed by atoms with Crippen LogP contribution in [-0.4, -0.2) is 199 Å². The molecule has 9 amide bonds. The molecule has 0 spiro atoms. The van der Waals surface area contributed by atoms with Crippen molar-refractivity contribution >= 4 is 82.8 Å². The number of carboxylic acids is 3. The molecule has 454 valence electrons. The average Bonchev–Trinajstić information content (AvgIpc) is 3.91. The van der Waals surface area contributed by atoms with E-state index in [1.165, 1.54) is 35.7 Å². The first kappa shape index (κ1) is 70.0. The summed E-state index contributed by atoms with van der Waals surface area (Å²) in [6.07, 6.45) is 0.106. The highest BCUT2D eigenvalue weighted by Gasteiger charge is 2.40. The lowest BCUT2D eigenvalue weighted by Gasteiger charge is -2.30. The van der Waals surface area contributed by atoms with Crippen LogP contribution in [0.1, 0.15) is 105 Å². The van der Waals surface area contributed by atoms with Gasteiger partial charge in [0.05, 0.1) is 19.3 Å². The summed E-state index contributed by atoms with van der Waals surface area (Å²) >= 11 is 1.31. The van der Waals surface area contributed by atoms with Crippen LogP contribution in [0.25, 0.3) is 0 Å². The standard InChI is InChI=1S/C52H82N10O18S/c1-8-28(6)42(50(77)59-37(25-64)47(74)58-36(24-63)46(73)55-34(19-21-81-7)45(72)60-41(27(4)5)49(76)57-35(52(79)80)22-26(2)3)61-44(71)33(16-18-40(68)69)54-43(70)32(15-17-39(66)67)56-48(75)38-10-9-20-62(38)51(78)31(53)23-29-11-13-30(65)14-12-29/h11-14,26-28,31-38,41-42,63-65H,8-10,15-25,53H2,1-7H3,(H,54,70)(H,55,73)(H,56,75)(H,57,76)(H,58,74)(H,59,77)(H,60,72)(H,61,71)(H,66,67)(H,68,69)(H,79,80)/t28-,31-,32-,33-,34-,35-,36-,37-,38-,41-,42-/m0/s1. The van der Waals surface area contributed by atoms with E-state index >= 15 is 0 Å². The monoisotopic (exact) mass is 1170 g/mol. The van der Waals surface area contributed by atoms with Gasteiger partial charge in [0, 0.05) is 19.4 Å². The Morgan fingerprint density at radius 2 is 1.06 bits per heavy atom. The SMILES string of the molecule is CC[C@H](C)[C@H](NC(=O)[C@H](CCC(=O)O)NC(=O)[C@H](CCC(=O)O)NC(=O)[C@@H]1CCCN1C(=O)[C@@H](N)Cc1ccc(O)cc1)C(=O)N[C@@H](CO)C(=O)N[C@@H](CO)C(=O)N[C@@H](CCSC)C(=O)N[C@H](C(=O)N[C@@H](CC(C)C)C(=O)O)C(C)C. The Bertz CT molecular complexity index is 2340. The first-order chi connectivity index (χ1) is 38.1. The number of phenolic OH excluding ortho intramolecular Hbond substituents is 1. The summed E-state index contributed by atoms with van der Waals surface area (Å²) in [5.41, 5.74) is 6.85. The predicted molar refractivity (Wildman–Crippen MR) is 292 cm³/mol. The first-order valence-corrected chi connectivity index (χ1v) is 28.1. The molecule has 1 aromatic carbocycles. The van der Waals surface area contributed by atoms with Gasteiger partial charge in [0.1, 0.15) is 60.1 Å². The smallest absolute Gasteiger partial charge is 0.326 e. The van der Waals surface area contributed by atoms with Crippen LogP contribution in [0.3, 0.4) is 0 Å². The largest absolute Gasteiger partial charge is 0.508 e. The zero-order valence-corrected chi connectivity index (χ0v) is 47.5. The van der Waals surface area contributed by atoms with Crippen LogP contribution in [0.5, 0.6) is 5.75 Å². The van der Waals surface area contributed by atoms with Gasteiger partial charge in [-0.05, 0) is 92.4 Å². The van der Waals surface area contributed by atoms with Crippen LogP contribution in [0.4, 0.5) is 0 Å². The molecule has 2 rings (SSSR count). The maximum atomic E-state index is 14.0. The van der Waals surface area contributed by atoms with Crippen molar-refractivity contribution in [2.75, 3.05) is 31.8 Å². The lowest BCUT2D eigenvalue weighted by molar-refractivity contribution is -0.143. The van der Waals surface area contributed by atoms with Gasteiger partial charge in [-0.15, -0.1) is 0 Å². The molecule has 28 nitrogen and oxygen atoms in total. The second-order valence-corrected chi connectivity index (χ2v) is 21.6. The third-order valence-corrected chi connectivity index (χ3v) is 14.0. The average molecular weight is 1170 g/mol. The molecule has 1 aliphatic heterocycles. The van der Waals surface area contributed by atoms with Gasteiger partial charge in [-0.3, -0.25) is 52.7 Å². The van der Waals surface area contributed by atoms with Gasteiger partial charge in [0.25, 0.3) is 0 Å². The van der Waals surface area contributed by atoms with Crippen LogP contribution in [-0.2, 0) is 64.0 Å². The number of benzene rings is 1. The number of aromatic hydroxyl groups is 1. The van der Waals surface area contributed by atoms with Crippen molar-refractivity contribution in [1.82, 2.24) is 47.4 Å². The van der Waals surface area contributed by atoms with Gasteiger partial charge >= 0.3 is 17.9 Å². The highest BCUT2D eigenvalue weighted by atomic mass is 32.2. The number of hydrogen-bond donors (Lipinski definition) is 15. The van der Waals surface area contributed by atoms with E-state index in [9.17, 15) is 88.2 Å². The van der Waals surface area contributed by atoms with Gasteiger partial charge < -0.3 is 83.8 Å². The molecule has 29 heteroatoms. The number of carbonyl (C=O) groups excluding carboxylic acids is 9. The molecule has 0 aliphatic carbocycles. The zero-order chi connectivity index (χ0) is 61.3. The Morgan fingerprint density at radius 1 is 0.617 bits per heavy atom. The number of rotatable bonds is 36. The Labute approximate surface area is 474 Å². The molecule has 11 atom stereocenters. The van der Waals surface area contributed by atoms with Gasteiger partial charge in [0.15, 0.2) is 0 Å². The molecule has 0 saturated carbocycles. The van der Waals surface area contributed by atoms with Crippen LogP contribution in [0, 0.1) is 17.8 Å². The fourth-order valence-corrected chi connectivity index (χ4v) is 8.97. The normalized spacial score (nSPS) is 16.8. The van der Waals surface area contributed by atoms with E-state index in [2.05, 4.69) is 42.5 Å². The highest BCUT2D eigenvalue weighted by molar-refractivity contribution is 7.98. The fraction of sp³-hybridized carbons (Fsp3) is 0.654. The number of phenols is 1. The number of aliphatic hydroxyl groups excluding tert-OH is 2. The Hall–Kier alpha value is -7.11. The number of amides is 9. The molecular weight excluding hydrogens is 1080 g/mol. The summed E-state index contributed by atoms with van der Waals surface area (Å²) in [6, 6.07) is -8.68. The number of nitrogens with zero attached hydrogens (tertiary/aromatic N) is 1. The van der Waals surface area contributed by atoms with Gasteiger partial charge in [-0.25, -0.2) is 4.79 Å². The van der Waals surface area contributed by atoms with Crippen LogP contribution in [0.15, 0.2) is 24.3 Å². The minimum Gasteiger partial charge on any atom is -0.508 e. The third kappa shape index (κ3) is 23.5. The Kier molecular flexibility index (Phi) is 30.2. The predicted octanol–water partition coefficient (Wildman–Crippen LogP) is -2.57. The fourth-order valence-electron chi connectivity index (χ4n) is 8.50. The van der Waals surface area contributed by atoms with Crippen LogP contribution < -0.4 is 48.3 Å².